The molecule has 2 saturated heterocycles. The summed E-state index contributed by atoms with van der Waals surface area (Å²) in [6.45, 7) is 13.5. The summed E-state index contributed by atoms with van der Waals surface area (Å²) in [5.41, 5.74) is 1.55. The Labute approximate surface area is 275 Å². The van der Waals surface area contributed by atoms with Crippen LogP contribution in [-0.4, -0.2) is 98.5 Å². The molecule has 2 aliphatic rings. The number of ether oxygens (including phenoxy) is 3. The predicted octanol–water partition coefficient (Wildman–Crippen LogP) is 4.76. The van der Waals surface area contributed by atoms with Crippen LogP contribution < -0.4 is 14.4 Å². The fraction of sp³-hybridized carbons (Fsp3) is 0.485. The lowest BCUT2D eigenvalue weighted by Gasteiger charge is -2.44. The number of carbonyl (C=O) groups is 1. The highest BCUT2D eigenvalue weighted by Crippen LogP contribution is 2.30. The van der Waals surface area contributed by atoms with E-state index >= 15 is 4.39 Å². The predicted molar refractivity (Wildman–Crippen MR) is 177 cm³/mol. The van der Waals surface area contributed by atoms with E-state index in [4.69, 9.17) is 14.2 Å². The van der Waals surface area contributed by atoms with Gasteiger partial charge in [-0.25, -0.2) is 22.6 Å². The number of benzene rings is 1. The van der Waals surface area contributed by atoms with E-state index in [2.05, 4.69) is 19.6 Å². The molecule has 0 spiro atoms. The van der Waals surface area contributed by atoms with Crippen molar-refractivity contribution < 1.29 is 31.8 Å². The maximum Gasteiger partial charge on any atom is 0.410 e. The first-order chi connectivity index (χ1) is 22.2. The molecule has 14 heteroatoms. The van der Waals surface area contributed by atoms with Crippen molar-refractivity contribution in [2.75, 3.05) is 56.1 Å². The van der Waals surface area contributed by atoms with Crippen molar-refractivity contribution in [3.05, 3.63) is 60.2 Å². The Bertz CT molecular complexity index is 1680. The Balaban J connectivity index is 1.29. The quantitative estimate of drug-likeness (QED) is 0.359. The molecule has 2 fully saturated rings. The number of nitrogens with one attached hydrogen (secondary N) is 1. The van der Waals surface area contributed by atoms with Crippen molar-refractivity contribution in [2.24, 2.45) is 0 Å². The summed E-state index contributed by atoms with van der Waals surface area (Å²) < 4.78 is 61.4. The first kappa shape index (κ1) is 34.3. The summed E-state index contributed by atoms with van der Waals surface area (Å²) in [4.78, 5) is 27.1. The van der Waals surface area contributed by atoms with Gasteiger partial charge in [-0.15, -0.1) is 0 Å². The first-order valence-corrected chi connectivity index (χ1v) is 17.1. The van der Waals surface area contributed by atoms with Crippen LogP contribution in [0.25, 0.3) is 11.3 Å². The lowest BCUT2D eigenvalue weighted by Crippen LogP contribution is -2.59. The second-order valence-electron chi connectivity index (χ2n) is 12.9. The molecule has 12 nitrogen and oxygen atoms in total. The molecule has 5 rings (SSSR count). The number of nitrogens with zero attached hydrogens (tertiary/aromatic N) is 5. The fourth-order valence-corrected chi connectivity index (χ4v) is 7.16. The highest BCUT2D eigenvalue weighted by molar-refractivity contribution is 7.92. The fourth-order valence-electron chi connectivity index (χ4n) is 5.97. The van der Waals surface area contributed by atoms with Gasteiger partial charge in [0.05, 0.1) is 43.6 Å². The standard InChI is InChI=1S/C33H43FN6O6S/c1-22-19-38(20-23(2)40(22)32(41)46-33(3,4)5)21-24-7-8-27(28(34)15-24)29-16-25(9-10-35-29)37-47(42,43)30-17-26(18-36-31(30)44-6)39-11-13-45-14-12-39/h7-10,15-18,22-23H,11-14,19-21H2,1-6H3,(H,35,37)/t22-,23-/m1/s1. The van der Waals surface area contributed by atoms with E-state index in [1.54, 1.807) is 17.2 Å². The van der Waals surface area contributed by atoms with Gasteiger partial charge in [-0.2, -0.15) is 0 Å². The van der Waals surface area contributed by atoms with Crippen molar-refractivity contribution in [2.45, 2.75) is 63.7 Å². The molecular formula is C33H43FN6O6S. The van der Waals surface area contributed by atoms with Gasteiger partial charge in [-0.3, -0.25) is 14.6 Å². The number of hydrogen-bond donors (Lipinski definition) is 1. The highest BCUT2D eigenvalue weighted by atomic mass is 32.2. The number of hydrogen-bond acceptors (Lipinski definition) is 10. The van der Waals surface area contributed by atoms with Crippen molar-refractivity contribution in [3.8, 4) is 17.1 Å². The third kappa shape index (κ3) is 8.29. The number of rotatable bonds is 8. The van der Waals surface area contributed by atoms with Crippen molar-refractivity contribution in [1.29, 1.82) is 0 Å². The minimum absolute atomic E-state index is 0.0412. The van der Waals surface area contributed by atoms with Crippen molar-refractivity contribution in [3.63, 3.8) is 0 Å². The van der Waals surface area contributed by atoms with E-state index in [1.165, 1.54) is 37.6 Å². The smallest absolute Gasteiger partial charge is 0.410 e. The number of morpholine rings is 1. The zero-order chi connectivity index (χ0) is 33.9. The monoisotopic (exact) mass is 670 g/mol. The molecular weight excluding hydrogens is 627 g/mol. The van der Waals surface area contributed by atoms with Gasteiger partial charge in [0, 0.05) is 56.6 Å². The summed E-state index contributed by atoms with van der Waals surface area (Å²) in [5, 5.41) is 0. The first-order valence-electron chi connectivity index (χ1n) is 15.6. The summed E-state index contributed by atoms with van der Waals surface area (Å²) in [6.07, 6.45) is 2.67. The molecule has 1 amide bonds. The van der Waals surface area contributed by atoms with Crippen LogP contribution in [0.4, 0.5) is 20.6 Å². The molecule has 0 aliphatic carbocycles. The van der Waals surface area contributed by atoms with Crippen LogP contribution in [0, 0.1) is 5.82 Å². The molecule has 0 saturated carbocycles. The van der Waals surface area contributed by atoms with Crippen LogP contribution in [0.1, 0.15) is 40.2 Å². The van der Waals surface area contributed by atoms with E-state index in [0.717, 1.165) is 5.56 Å². The zero-order valence-corrected chi connectivity index (χ0v) is 28.5. The second kappa shape index (κ2) is 14.0. The van der Waals surface area contributed by atoms with Gasteiger partial charge in [0.1, 0.15) is 11.4 Å². The summed E-state index contributed by atoms with van der Waals surface area (Å²) >= 11 is 0. The topological polar surface area (TPSA) is 126 Å². The third-order valence-electron chi connectivity index (χ3n) is 7.99. The molecule has 2 aromatic heterocycles. The molecule has 2 aliphatic heterocycles. The average Bonchev–Trinajstić information content (AvgIpc) is 3.00. The van der Waals surface area contributed by atoms with E-state index in [-0.39, 0.29) is 45.9 Å². The number of sulfonamides is 1. The molecule has 1 aromatic carbocycles. The summed E-state index contributed by atoms with van der Waals surface area (Å²) in [5.74, 6) is -0.520. The molecule has 0 bridgehead atoms. The van der Waals surface area contributed by atoms with E-state index in [0.29, 0.717) is 51.6 Å². The number of anilines is 2. The van der Waals surface area contributed by atoms with Crippen LogP contribution in [0.15, 0.2) is 53.7 Å². The van der Waals surface area contributed by atoms with Gasteiger partial charge >= 0.3 is 6.09 Å². The van der Waals surface area contributed by atoms with Gasteiger partial charge in [-0.05, 0) is 70.5 Å². The van der Waals surface area contributed by atoms with E-state index in [1.807, 2.05) is 45.6 Å². The maximum atomic E-state index is 15.5. The van der Waals surface area contributed by atoms with Crippen LogP contribution in [0.3, 0.4) is 0 Å². The van der Waals surface area contributed by atoms with Gasteiger partial charge in [0.25, 0.3) is 10.0 Å². The number of carbonyl (C=O) groups excluding carboxylic acids is 1. The Morgan fingerprint density at radius 1 is 1.06 bits per heavy atom. The van der Waals surface area contributed by atoms with Crippen LogP contribution >= 0.6 is 0 Å². The normalized spacial score (nSPS) is 19.4. The van der Waals surface area contributed by atoms with Gasteiger partial charge in [0.2, 0.25) is 5.88 Å². The van der Waals surface area contributed by atoms with Gasteiger partial charge in [0.15, 0.2) is 4.90 Å². The van der Waals surface area contributed by atoms with E-state index in [9.17, 15) is 13.2 Å². The molecule has 0 unspecified atom stereocenters. The molecule has 3 aromatic rings. The van der Waals surface area contributed by atoms with Crippen LogP contribution in [0.2, 0.25) is 0 Å². The maximum absolute atomic E-state index is 15.5. The molecule has 47 heavy (non-hydrogen) atoms. The molecule has 0 radical (unpaired) electrons. The minimum Gasteiger partial charge on any atom is -0.480 e. The Kier molecular flexibility index (Phi) is 10.2. The molecule has 254 valence electrons. The van der Waals surface area contributed by atoms with Crippen molar-refractivity contribution >= 4 is 27.5 Å². The molecule has 1 N–H and O–H groups in total. The zero-order valence-electron chi connectivity index (χ0n) is 27.7. The van der Waals surface area contributed by atoms with Gasteiger partial charge < -0.3 is 24.0 Å². The number of aromatic nitrogens is 2. The third-order valence-corrected chi connectivity index (χ3v) is 9.37. The summed E-state index contributed by atoms with van der Waals surface area (Å²) in [7, 11) is -2.77. The lowest BCUT2D eigenvalue weighted by molar-refractivity contribution is -0.0162. The Morgan fingerprint density at radius 2 is 1.77 bits per heavy atom. The largest absolute Gasteiger partial charge is 0.480 e. The number of methoxy groups -OCH3 is 1. The minimum atomic E-state index is -4.13. The highest BCUT2D eigenvalue weighted by Gasteiger charge is 2.35. The number of halogens is 1. The SMILES string of the molecule is COc1ncc(N2CCOCC2)cc1S(=O)(=O)Nc1ccnc(-c2ccc(CN3C[C@@H](C)N(C(=O)OC(C)(C)C)[C@H](C)C3)cc2F)c1. The number of pyridine rings is 2. The molecule has 4 heterocycles. The van der Waals surface area contributed by atoms with Crippen molar-refractivity contribution in [1.82, 2.24) is 19.8 Å². The Hall–Kier alpha value is -4.01. The lowest BCUT2D eigenvalue weighted by atomic mass is 10.0. The van der Waals surface area contributed by atoms with Crippen LogP contribution in [-0.2, 0) is 26.0 Å². The molecule has 2 atom stereocenters. The average molecular weight is 671 g/mol. The van der Waals surface area contributed by atoms with Crippen LogP contribution in [0.5, 0.6) is 5.88 Å². The summed E-state index contributed by atoms with van der Waals surface area (Å²) in [6, 6.07) is 9.31. The van der Waals surface area contributed by atoms with Gasteiger partial charge in [-0.1, -0.05) is 6.07 Å². The second-order valence-corrected chi connectivity index (χ2v) is 14.6. The van der Waals surface area contributed by atoms with E-state index < -0.39 is 21.4 Å². The number of amides is 1. The Morgan fingerprint density at radius 3 is 2.40 bits per heavy atom. The number of piperazine rings is 1.